The molecular weight excluding hydrogens is 591 g/mol. The molecule has 2 fully saturated rings. The van der Waals surface area contributed by atoms with Gasteiger partial charge >= 0.3 is 0 Å². The van der Waals surface area contributed by atoms with Crippen LogP contribution in [0.2, 0.25) is 0 Å². The number of alkyl halides is 1. The highest BCUT2D eigenvalue weighted by Gasteiger charge is 2.35. The minimum atomic E-state index is -4.47. The van der Waals surface area contributed by atoms with Crippen molar-refractivity contribution in [3.8, 4) is 6.07 Å². The van der Waals surface area contributed by atoms with Crippen LogP contribution in [0.3, 0.4) is 0 Å². The number of fused-ring (bicyclic) bond motifs is 1. The number of nitrogens with one attached hydrogen (secondary N) is 1. The van der Waals surface area contributed by atoms with Gasteiger partial charge in [-0.3, -0.25) is 18.6 Å². The maximum Gasteiger partial charge on any atom is 0.295 e. The smallest absolute Gasteiger partial charge is 0.295 e. The standard InChI is InChI=1S/C15H21FN6O.C10H8O6S2.CH4/c16-12-4-14(5-17)22(8-12)15(23)6-19-13-2-1-11(3-13)7-21-10-18-9-20-21;11-17(12,13)9-5-1-3-7-8(9)4-2-6-10(7)18(14,15)16;/h9-14,19H,1-4,6-8H2;1-6H,(H,11,12,13)(H,14,15,16);1H4/t11-,12-,13+,14-;;/m0../s1. The number of amides is 1. The molecule has 3 aromatic rings. The van der Waals surface area contributed by atoms with Crippen LogP contribution in [0.15, 0.2) is 58.8 Å². The summed E-state index contributed by atoms with van der Waals surface area (Å²) in [7, 11) is -8.94. The summed E-state index contributed by atoms with van der Waals surface area (Å²) in [5.74, 6) is 0.342. The van der Waals surface area contributed by atoms with Crippen LogP contribution < -0.4 is 5.32 Å². The van der Waals surface area contributed by atoms with E-state index >= 15 is 0 Å². The molecule has 42 heavy (non-hydrogen) atoms. The van der Waals surface area contributed by atoms with Crippen molar-refractivity contribution in [2.45, 2.75) is 67.7 Å². The zero-order valence-electron chi connectivity index (χ0n) is 21.7. The lowest BCUT2D eigenvalue weighted by molar-refractivity contribution is -0.130. The first-order valence-electron chi connectivity index (χ1n) is 12.7. The van der Waals surface area contributed by atoms with Gasteiger partial charge in [0.15, 0.2) is 0 Å². The summed E-state index contributed by atoms with van der Waals surface area (Å²) >= 11 is 0. The highest BCUT2D eigenvalue weighted by atomic mass is 32.2. The number of hydrogen-bond acceptors (Lipinski definition) is 9. The molecule has 1 saturated heterocycles. The monoisotopic (exact) mass is 624 g/mol. The lowest BCUT2D eigenvalue weighted by Crippen LogP contribution is -2.43. The third-order valence-electron chi connectivity index (χ3n) is 7.11. The van der Waals surface area contributed by atoms with Crippen molar-refractivity contribution >= 4 is 36.9 Å². The number of carbonyl (C=O) groups excluding carboxylic acids is 1. The van der Waals surface area contributed by atoms with Gasteiger partial charge in [0.05, 0.1) is 19.2 Å². The van der Waals surface area contributed by atoms with E-state index in [4.69, 9.17) is 14.4 Å². The number of nitriles is 1. The van der Waals surface area contributed by atoms with Crippen LogP contribution in [0.25, 0.3) is 10.8 Å². The Labute approximate surface area is 243 Å². The van der Waals surface area contributed by atoms with Crippen molar-refractivity contribution in [2.75, 3.05) is 13.1 Å². The Bertz CT molecular complexity index is 1570. The molecule has 1 amide bonds. The van der Waals surface area contributed by atoms with Gasteiger partial charge in [-0.2, -0.15) is 27.2 Å². The molecule has 1 aliphatic carbocycles. The van der Waals surface area contributed by atoms with Gasteiger partial charge in [-0.15, -0.1) is 0 Å². The summed E-state index contributed by atoms with van der Waals surface area (Å²) in [6.45, 7) is 1.06. The molecule has 228 valence electrons. The summed E-state index contributed by atoms with van der Waals surface area (Å²) in [5, 5.41) is 16.4. The normalized spacial score (nSPS) is 22.2. The van der Waals surface area contributed by atoms with Gasteiger partial charge in [-0.1, -0.05) is 31.7 Å². The van der Waals surface area contributed by atoms with E-state index in [-0.39, 0.29) is 49.7 Å². The molecule has 2 aliphatic rings. The molecule has 3 N–H and O–H groups in total. The van der Waals surface area contributed by atoms with Crippen molar-refractivity contribution in [3.05, 3.63) is 49.1 Å². The largest absolute Gasteiger partial charge is 0.323 e. The number of carbonyl (C=O) groups is 1. The first-order chi connectivity index (χ1) is 19.4. The van der Waals surface area contributed by atoms with E-state index in [1.54, 1.807) is 6.33 Å². The Balaban J connectivity index is 0.000000232. The molecule has 2 aromatic carbocycles. The molecule has 4 atom stereocenters. The van der Waals surface area contributed by atoms with E-state index < -0.39 is 42.2 Å². The van der Waals surface area contributed by atoms with E-state index in [0.717, 1.165) is 37.9 Å². The van der Waals surface area contributed by atoms with Gasteiger partial charge in [0.25, 0.3) is 20.2 Å². The van der Waals surface area contributed by atoms with Crippen LogP contribution in [-0.2, 0) is 31.6 Å². The third-order valence-corrected chi connectivity index (χ3v) is 8.94. The van der Waals surface area contributed by atoms with E-state index in [1.807, 2.05) is 10.8 Å². The second-order valence-corrected chi connectivity index (χ2v) is 12.7. The minimum absolute atomic E-state index is 0. The van der Waals surface area contributed by atoms with Gasteiger partial charge < -0.3 is 10.2 Å². The fraction of sp³-hybridized carbons (Fsp3) is 0.462. The number of hydrogen-bond donors (Lipinski definition) is 3. The molecule has 1 aliphatic heterocycles. The number of benzene rings is 2. The Morgan fingerprint density at radius 2 is 1.67 bits per heavy atom. The van der Waals surface area contributed by atoms with Gasteiger partial charge in [0, 0.05) is 29.8 Å². The van der Waals surface area contributed by atoms with Crippen LogP contribution in [0.1, 0.15) is 33.1 Å². The molecule has 2 heterocycles. The Hall–Kier alpha value is -3.49. The first-order valence-corrected chi connectivity index (χ1v) is 15.6. The van der Waals surface area contributed by atoms with Crippen LogP contribution >= 0.6 is 0 Å². The lowest BCUT2D eigenvalue weighted by Gasteiger charge is -2.21. The Morgan fingerprint density at radius 1 is 1.05 bits per heavy atom. The van der Waals surface area contributed by atoms with E-state index in [2.05, 4.69) is 15.4 Å². The molecule has 0 bridgehead atoms. The predicted octanol–water partition coefficient (Wildman–Crippen LogP) is 2.47. The van der Waals surface area contributed by atoms with Crippen LogP contribution in [-0.4, -0.2) is 82.9 Å². The van der Waals surface area contributed by atoms with E-state index in [1.165, 1.54) is 35.5 Å². The molecule has 0 spiro atoms. The van der Waals surface area contributed by atoms with Crippen molar-refractivity contribution < 1.29 is 35.1 Å². The maximum atomic E-state index is 13.4. The number of aromatic nitrogens is 3. The number of likely N-dealkylation sites (tertiary alicyclic amines) is 1. The summed E-state index contributed by atoms with van der Waals surface area (Å²) in [4.78, 5) is 16.7. The Kier molecular flexibility index (Phi) is 10.7. The SMILES string of the molecule is C.N#C[C@@H]1C[C@H](F)CN1C(=O)CN[C@@H]1CC[C@H](Cn2cncn2)C1.O=S(=O)(O)c1cccc2c(S(=O)(=O)O)cccc12. The fourth-order valence-corrected chi connectivity index (χ4v) is 6.65. The number of nitrogens with zero attached hydrogens (tertiary/aromatic N) is 5. The second-order valence-electron chi connectivity index (χ2n) is 9.96. The third kappa shape index (κ3) is 8.07. The molecule has 0 unspecified atom stereocenters. The summed E-state index contributed by atoms with van der Waals surface area (Å²) < 4.78 is 77.9. The van der Waals surface area contributed by atoms with Crippen LogP contribution in [0, 0.1) is 17.2 Å². The topological polar surface area (TPSA) is 196 Å². The zero-order valence-corrected chi connectivity index (χ0v) is 23.4. The van der Waals surface area contributed by atoms with Crippen molar-refractivity contribution in [2.24, 2.45) is 5.92 Å². The summed E-state index contributed by atoms with van der Waals surface area (Å²) in [5.41, 5.74) is 0. The fourth-order valence-electron chi connectivity index (χ4n) is 5.24. The van der Waals surface area contributed by atoms with Crippen molar-refractivity contribution in [3.63, 3.8) is 0 Å². The molecule has 1 saturated carbocycles. The van der Waals surface area contributed by atoms with E-state index in [0.29, 0.717) is 5.92 Å². The van der Waals surface area contributed by atoms with Gasteiger partial charge in [-0.05, 0) is 37.3 Å². The average Bonchev–Trinajstić information content (AvgIpc) is 3.68. The first kappa shape index (κ1) is 33.0. The molecule has 16 heteroatoms. The average molecular weight is 625 g/mol. The Morgan fingerprint density at radius 3 is 2.19 bits per heavy atom. The highest BCUT2D eigenvalue weighted by Crippen LogP contribution is 2.28. The van der Waals surface area contributed by atoms with Crippen LogP contribution in [0.5, 0.6) is 0 Å². The van der Waals surface area contributed by atoms with Gasteiger partial charge in [0.2, 0.25) is 5.91 Å². The minimum Gasteiger partial charge on any atom is -0.323 e. The number of rotatable bonds is 7. The molecule has 5 rings (SSSR count). The number of halogens is 1. The summed E-state index contributed by atoms with van der Waals surface area (Å²) in [6, 6.07) is 9.20. The second kappa shape index (κ2) is 13.7. The van der Waals surface area contributed by atoms with Crippen LogP contribution in [0.4, 0.5) is 4.39 Å². The van der Waals surface area contributed by atoms with Crippen molar-refractivity contribution in [1.29, 1.82) is 5.26 Å². The molecule has 13 nitrogen and oxygen atoms in total. The van der Waals surface area contributed by atoms with Gasteiger partial charge in [-0.25, -0.2) is 9.37 Å². The quantitative estimate of drug-likeness (QED) is 0.327. The molecule has 1 aromatic heterocycles. The molecule has 0 radical (unpaired) electrons. The van der Waals surface area contributed by atoms with E-state index in [9.17, 15) is 26.0 Å². The predicted molar refractivity (Wildman–Crippen MR) is 150 cm³/mol. The van der Waals surface area contributed by atoms with Crippen molar-refractivity contribution in [1.82, 2.24) is 25.0 Å². The molecular formula is C26H33FN6O7S2. The maximum absolute atomic E-state index is 13.4. The highest BCUT2D eigenvalue weighted by molar-refractivity contribution is 7.86. The zero-order chi connectivity index (χ0) is 29.8. The van der Waals surface area contributed by atoms with Gasteiger partial charge in [0.1, 0.15) is 34.7 Å². The summed E-state index contributed by atoms with van der Waals surface area (Å²) in [6.07, 6.45) is 5.38. The lowest BCUT2D eigenvalue weighted by atomic mass is 10.1.